The Labute approximate surface area is 113 Å². The van der Waals surface area contributed by atoms with Crippen LogP contribution < -0.4 is 0 Å². The van der Waals surface area contributed by atoms with E-state index in [0.29, 0.717) is 19.4 Å². The van der Waals surface area contributed by atoms with Crippen molar-refractivity contribution in [3.63, 3.8) is 0 Å². The molecule has 0 unspecified atom stereocenters. The fraction of sp³-hybridized carbons (Fsp3) is 0.235. The number of benzene rings is 2. The van der Waals surface area contributed by atoms with Gasteiger partial charge in [0.15, 0.2) is 0 Å². The summed E-state index contributed by atoms with van der Waals surface area (Å²) in [5.41, 5.74) is 1.18. The monoisotopic (exact) mass is 254 g/mol. The summed E-state index contributed by atoms with van der Waals surface area (Å²) in [6.45, 7) is 2.27. The molecule has 19 heavy (non-hydrogen) atoms. The molecule has 2 aromatic rings. The molecule has 0 N–H and O–H groups in total. The van der Waals surface area contributed by atoms with Gasteiger partial charge in [0.1, 0.15) is 0 Å². The Balaban J connectivity index is 2.03. The molecule has 98 valence electrons. The van der Waals surface area contributed by atoms with Crippen LogP contribution in [0.15, 0.2) is 48.5 Å². The SMILES string of the molecule is CCOC(=O)CC/C=C/c1cccc2ccccc12. The van der Waals surface area contributed by atoms with Crippen molar-refractivity contribution in [1.29, 1.82) is 0 Å². The molecule has 0 aliphatic carbocycles. The number of carbonyl (C=O) groups excluding carboxylic acids is 1. The molecule has 0 spiro atoms. The Morgan fingerprint density at radius 1 is 1.16 bits per heavy atom. The molecule has 0 atom stereocenters. The van der Waals surface area contributed by atoms with Crippen LogP contribution in [0, 0.1) is 0 Å². The maximum atomic E-state index is 11.2. The molecule has 2 nitrogen and oxygen atoms in total. The lowest BCUT2D eigenvalue weighted by Gasteiger charge is -2.02. The van der Waals surface area contributed by atoms with Crippen molar-refractivity contribution in [2.45, 2.75) is 19.8 Å². The first-order chi connectivity index (χ1) is 9.31. The van der Waals surface area contributed by atoms with Crippen LogP contribution in [0.3, 0.4) is 0 Å². The number of carbonyl (C=O) groups is 1. The third-order valence-corrected chi connectivity index (χ3v) is 2.94. The van der Waals surface area contributed by atoms with Crippen molar-refractivity contribution in [2.24, 2.45) is 0 Å². The lowest BCUT2D eigenvalue weighted by atomic mass is 10.0. The van der Waals surface area contributed by atoms with E-state index in [1.54, 1.807) is 0 Å². The lowest BCUT2D eigenvalue weighted by molar-refractivity contribution is -0.142. The van der Waals surface area contributed by atoms with E-state index in [1.807, 2.05) is 31.2 Å². The fourth-order valence-electron chi connectivity index (χ4n) is 2.04. The van der Waals surface area contributed by atoms with Crippen LogP contribution in [-0.2, 0) is 9.53 Å². The summed E-state index contributed by atoms with van der Waals surface area (Å²) < 4.78 is 4.89. The van der Waals surface area contributed by atoms with E-state index in [-0.39, 0.29) is 5.97 Å². The Morgan fingerprint density at radius 3 is 2.79 bits per heavy atom. The Morgan fingerprint density at radius 2 is 1.95 bits per heavy atom. The van der Waals surface area contributed by atoms with Crippen LogP contribution >= 0.6 is 0 Å². The smallest absolute Gasteiger partial charge is 0.306 e. The van der Waals surface area contributed by atoms with Crippen LogP contribution in [0.25, 0.3) is 16.8 Å². The first-order valence-corrected chi connectivity index (χ1v) is 6.61. The highest BCUT2D eigenvalue weighted by Crippen LogP contribution is 2.19. The van der Waals surface area contributed by atoms with Gasteiger partial charge in [0.2, 0.25) is 0 Å². The lowest BCUT2D eigenvalue weighted by Crippen LogP contribution is -2.02. The van der Waals surface area contributed by atoms with Gasteiger partial charge in [-0.1, -0.05) is 54.6 Å². The summed E-state index contributed by atoms with van der Waals surface area (Å²) in [5, 5.41) is 2.47. The van der Waals surface area contributed by atoms with Gasteiger partial charge in [-0.05, 0) is 29.7 Å². The summed E-state index contributed by atoms with van der Waals surface area (Å²) >= 11 is 0. The summed E-state index contributed by atoms with van der Waals surface area (Å²) in [5.74, 6) is -0.134. The molecule has 2 aromatic carbocycles. The van der Waals surface area contributed by atoms with Gasteiger partial charge in [0, 0.05) is 6.42 Å². The molecule has 2 rings (SSSR count). The minimum atomic E-state index is -0.134. The predicted octanol–water partition coefficient (Wildman–Crippen LogP) is 4.20. The van der Waals surface area contributed by atoms with Gasteiger partial charge in [-0.25, -0.2) is 0 Å². The molecule has 0 amide bonds. The van der Waals surface area contributed by atoms with Crippen molar-refractivity contribution >= 4 is 22.8 Å². The molecule has 0 aliphatic heterocycles. The van der Waals surface area contributed by atoms with Gasteiger partial charge < -0.3 is 4.74 Å². The first-order valence-electron chi connectivity index (χ1n) is 6.61. The number of fused-ring (bicyclic) bond motifs is 1. The van der Waals surface area contributed by atoms with E-state index in [9.17, 15) is 4.79 Å². The van der Waals surface area contributed by atoms with Gasteiger partial charge in [-0.15, -0.1) is 0 Å². The summed E-state index contributed by atoms with van der Waals surface area (Å²) in [7, 11) is 0. The van der Waals surface area contributed by atoms with E-state index in [2.05, 4.69) is 30.3 Å². The van der Waals surface area contributed by atoms with Crippen LogP contribution in [0.2, 0.25) is 0 Å². The normalized spacial score (nSPS) is 11.0. The molecule has 0 heterocycles. The number of rotatable bonds is 5. The Hall–Kier alpha value is -2.09. The van der Waals surface area contributed by atoms with E-state index < -0.39 is 0 Å². The van der Waals surface area contributed by atoms with Gasteiger partial charge in [0.25, 0.3) is 0 Å². The molecule has 0 saturated carbocycles. The average Bonchev–Trinajstić information content (AvgIpc) is 2.44. The van der Waals surface area contributed by atoms with Gasteiger partial charge in [-0.2, -0.15) is 0 Å². The number of allylic oxidation sites excluding steroid dienone is 1. The average molecular weight is 254 g/mol. The van der Waals surface area contributed by atoms with Gasteiger partial charge >= 0.3 is 5.97 Å². The Bertz CT molecular complexity index is 579. The van der Waals surface area contributed by atoms with Crippen LogP contribution in [0.1, 0.15) is 25.3 Å². The number of esters is 1. The summed E-state index contributed by atoms with van der Waals surface area (Å²) in [4.78, 5) is 11.2. The minimum absolute atomic E-state index is 0.134. The molecule has 0 aliphatic rings. The second-order valence-corrected chi connectivity index (χ2v) is 4.31. The van der Waals surface area contributed by atoms with Crippen molar-refractivity contribution in [2.75, 3.05) is 6.61 Å². The minimum Gasteiger partial charge on any atom is -0.466 e. The predicted molar refractivity (Wildman–Crippen MR) is 78.8 cm³/mol. The van der Waals surface area contributed by atoms with E-state index >= 15 is 0 Å². The molecule has 0 bridgehead atoms. The fourth-order valence-corrected chi connectivity index (χ4v) is 2.04. The number of hydrogen-bond acceptors (Lipinski definition) is 2. The number of ether oxygens (including phenoxy) is 1. The first kappa shape index (κ1) is 13.3. The maximum absolute atomic E-state index is 11.2. The van der Waals surface area contributed by atoms with E-state index in [4.69, 9.17) is 4.74 Å². The van der Waals surface area contributed by atoms with E-state index in [0.717, 1.165) is 0 Å². The topological polar surface area (TPSA) is 26.3 Å². The molecule has 0 fully saturated rings. The highest BCUT2D eigenvalue weighted by atomic mass is 16.5. The van der Waals surface area contributed by atoms with Crippen molar-refractivity contribution in [3.8, 4) is 0 Å². The van der Waals surface area contributed by atoms with Crippen LogP contribution in [0.4, 0.5) is 0 Å². The van der Waals surface area contributed by atoms with Gasteiger partial charge in [-0.3, -0.25) is 4.79 Å². The van der Waals surface area contributed by atoms with Crippen LogP contribution in [-0.4, -0.2) is 12.6 Å². The second kappa shape index (κ2) is 6.74. The van der Waals surface area contributed by atoms with Crippen molar-refractivity contribution in [1.82, 2.24) is 0 Å². The third kappa shape index (κ3) is 3.68. The third-order valence-electron chi connectivity index (χ3n) is 2.94. The van der Waals surface area contributed by atoms with Crippen molar-refractivity contribution < 1.29 is 9.53 Å². The molecule has 0 radical (unpaired) electrons. The molecule has 2 heteroatoms. The highest BCUT2D eigenvalue weighted by molar-refractivity contribution is 5.90. The quantitative estimate of drug-likeness (QED) is 0.748. The molecule has 0 saturated heterocycles. The summed E-state index contributed by atoms with van der Waals surface area (Å²) in [6, 6.07) is 14.5. The zero-order valence-electron chi connectivity index (χ0n) is 11.1. The van der Waals surface area contributed by atoms with Gasteiger partial charge in [0.05, 0.1) is 6.61 Å². The van der Waals surface area contributed by atoms with E-state index in [1.165, 1.54) is 16.3 Å². The Kier molecular flexibility index (Phi) is 4.73. The molecular weight excluding hydrogens is 236 g/mol. The maximum Gasteiger partial charge on any atom is 0.306 e. The largest absolute Gasteiger partial charge is 0.466 e. The molecule has 0 aromatic heterocycles. The van der Waals surface area contributed by atoms with Crippen LogP contribution in [0.5, 0.6) is 0 Å². The van der Waals surface area contributed by atoms with Crippen molar-refractivity contribution in [3.05, 3.63) is 54.1 Å². The second-order valence-electron chi connectivity index (χ2n) is 4.31. The highest BCUT2D eigenvalue weighted by Gasteiger charge is 1.99. The number of hydrogen-bond donors (Lipinski definition) is 0. The zero-order valence-corrected chi connectivity index (χ0v) is 11.1. The molecular formula is C17H18O2. The zero-order chi connectivity index (χ0) is 13.5. The summed E-state index contributed by atoms with van der Waals surface area (Å²) in [6.07, 6.45) is 5.25. The standard InChI is InChI=1S/C17H18O2/c1-2-19-17(18)13-6-4-9-15-11-7-10-14-8-3-5-12-16(14)15/h3-5,7-12H,2,6,13H2,1H3/b9-4+.